The van der Waals surface area contributed by atoms with Crippen molar-refractivity contribution in [3.63, 3.8) is 0 Å². The first kappa shape index (κ1) is 16.7. The second-order valence-corrected chi connectivity index (χ2v) is 5.82. The molecule has 118 valence electrons. The lowest BCUT2D eigenvalue weighted by atomic mass is 9.91. The summed E-state index contributed by atoms with van der Waals surface area (Å²) in [5.41, 5.74) is 3.97. The van der Waals surface area contributed by atoms with Crippen LogP contribution < -0.4 is 0 Å². The minimum absolute atomic E-state index is 0.440. The van der Waals surface area contributed by atoms with Crippen molar-refractivity contribution in [2.45, 2.75) is 51.7 Å². The molecule has 0 amide bonds. The third-order valence-corrected chi connectivity index (χ3v) is 4.03. The summed E-state index contributed by atoms with van der Waals surface area (Å²) in [5, 5.41) is 20.7. The van der Waals surface area contributed by atoms with Gasteiger partial charge in [-0.3, -0.25) is 0 Å². The zero-order valence-corrected chi connectivity index (χ0v) is 13.5. The first-order valence-electron chi connectivity index (χ1n) is 8.22. The molecule has 0 saturated carbocycles. The molecule has 0 spiro atoms. The average molecular weight is 298 g/mol. The van der Waals surface area contributed by atoms with Crippen LogP contribution in [0.5, 0.6) is 0 Å². The highest BCUT2D eigenvalue weighted by atomic mass is 16.3. The minimum Gasteiger partial charge on any atom is -0.388 e. The number of aliphatic hydroxyl groups excluding tert-OH is 2. The van der Waals surface area contributed by atoms with Crippen LogP contribution in [0.15, 0.2) is 48.5 Å². The molecule has 2 aromatic rings. The Morgan fingerprint density at radius 1 is 0.818 bits per heavy atom. The van der Waals surface area contributed by atoms with Gasteiger partial charge in [0.05, 0.1) is 12.2 Å². The molecule has 2 N–H and O–H groups in total. The van der Waals surface area contributed by atoms with E-state index in [1.54, 1.807) is 0 Å². The van der Waals surface area contributed by atoms with Crippen molar-refractivity contribution in [2.75, 3.05) is 0 Å². The molecular formula is C20H26O2. The second kappa shape index (κ2) is 8.11. The van der Waals surface area contributed by atoms with Crippen LogP contribution in [0.25, 0.3) is 11.1 Å². The fraction of sp³-hybridized carbons (Fsp3) is 0.400. The maximum Gasteiger partial charge on any atom is 0.0796 e. The van der Waals surface area contributed by atoms with E-state index in [0.29, 0.717) is 0 Å². The van der Waals surface area contributed by atoms with Crippen LogP contribution in [0.2, 0.25) is 0 Å². The SMILES string of the molecule is CCCC(O)c1ccc(C(O)CCC)c(-c2ccccc2)c1. The first-order chi connectivity index (χ1) is 10.7. The molecule has 2 rings (SSSR count). The zero-order chi connectivity index (χ0) is 15.9. The lowest BCUT2D eigenvalue weighted by Gasteiger charge is -2.18. The summed E-state index contributed by atoms with van der Waals surface area (Å²) in [5.74, 6) is 0. The molecule has 0 aliphatic heterocycles. The third-order valence-electron chi connectivity index (χ3n) is 4.03. The van der Waals surface area contributed by atoms with Crippen molar-refractivity contribution in [2.24, 2.45) is 0 Å². The molecular weight excluding hydrogens is 272 g/mol. The van der Waals surface area contributed by atoms with Crippen LogP contribution in [-0.2, 0) is 0 Å². The molecule has 0 saturated heterocycles. The number of hydrogen-bond donors (Lipinski definition) is 2. The lowest BCUT2D eigenvalue weighted by Crippen LogP contribution is -2.03. The van der Waals surface area contributed by atoms with Crippen LogP contribution in [0.4, 0.5) is 0 Å². The van der Waals surface area contributed by atoms with Gasteiger partial charge in [0.25, 0.3) is 0 Å². The van der Waals surface area contributed by atoms with E-state index in [4.69, 9.17) is 0 Å². The van der Waals surface area contributed by atoms with Gasteiger partial charge >= 0.3 is 0 Å². The monoisotopic (exact) mass is 298 g/mol. The molecule has 0 fully saturated rings. The van der Waals surface area contributed by atoms with Crippen LogP contribution in [0, 0.1) is 0 Å². The summed E-state index contributed by atoms with van der Waals surface area (Å²) in [6.07, 6.45) is 2.49. The van der Waals surface area contributed by atoms with Crippen molar-refractivity contribution < 1.29 is 10.2 Å². The Balaban J connectivity index is 2.46. The molecule has 0 bridgehead atoms. The van der Waals surface area contributed by atoms with Gasteiger partial charge in [-0.1, -0.05) is 69.2 Å². The molecule has 0 radical (unpaired) electrons. The van der Waals surface area contributed by atoms with E-state index in [1.165, 1.54) is 0 Å². The molecule has 2 aromatic carbocycles. The van der Waals surface area contributed by atoms with Crippen LogP contribution in [0.3, 0.4) is 0 Å². The molecule has 2 nitrogen and oxygen atoms in total. The number of rotatable bonds is 7. The van der Waals surface area contributed by atoms with Gasteiger partial charge in [0.2, 0.25) is 0 Å². The van der Waals surface area contributed by atoms with Crippen molar-refractivity contribution in [1.29, 1.82) is 0 Å². The van der Waals surface area contributed by atoms with Gasteiger partial charge in [-0.15, -0.1) is 0 Å². The fourth-order valence-corrected chi connectivity index (χ4v) is 2.81. The van der Waals surface area contributed by atoms with Gasteiger partial charge < -0.3 is 10.2 Å². The van der Waals surface area contributed by atoms with Gasteiger partial charge in [-0.05, 0) is 41.2 Å². The first-order valence-corrected chi connectivity index (χ1v) is 8.22. The summed E-state index contributed by atoms with van der Waals surface area (Å²) in [4.78, 5) is 0. The topological polar surface area (TPSA) is 40.5 Å². The zero-order valence-electron chi connectivity index (χ0n) is 13.5. The highest BCUT2D eigenvalue weighted by molar-refractivity contribution is 5.68. The lowest BCUT2D eigenvalue weighted by molar-refractivity contribution is 0.163. The smallest absolute Gasteiger partial charge is 0.0796 e. The number of benzene rings is 2. The summed E-state index contributed by atoms with van der Waals surface area (Å²) >= 11 is 0. The van der Waals surface area contributed by atoms with E-state index < -0.39 is 12.2 Å². The Kier molecular flexibility index (Phi) is 6.17. The largest absolute Gasteiger partial charge is 0.388 e. The van der Waals surface area contributed by atoms with Gasteiger partial charge in [0.15, 0.2) is 0 Å². The number of aliphatic hydroxyl groups is 2. The predicted molar refractivity (Wildman–Crippen MR) is 91.6 cm³/mol. The van der Waals surface area contributed by atoms with E-state index in [2.05, 4.69) is 13.8 Å². The maximum absolute atomic E-state index is 10.4. The molecule has 2 atom stereocenters. The Bertz CT molecular complexity index is 578. The fourth-order valence-electron chi connectivity index (χ4n) is 2.81. The summed E-state index contributed by atoms with van der Waals surface area (Å²) in [6, 6.07) is 16.0. The van der Waals surface area contributed by atoms with Crippen LogP contribution in [0.1, 0.15) is 62.9 Å². The summed E-state index contributed by atoms with van der Waals surface area (Å²) < 4.78 is 0. The normalized spacial score (nSPS) is 13.8. The highest BCUT2D eigenvalue weighted by Gasteiger charge is 2.16. The Morgan fingerprint density at radius 2 is 1.45 bits per heavy atom. The van der Waals surface area contributed by atoms with Crippen molar-refractivity contribution in [3.8, 4) is 11.1 Å². The second-order valence-electron chi connectivity index (χ2n) is 5.82. The number of hydrogen-bond acceptors (Lipinski definition) is 2. The highest BCUT2D eigenvalue weighted by Crippen LogP contribution is 2.33. The Hall–Kier alpha value is -1.64. The molecule has 0 aromatic heterocycles. The third kappa shape index (κ3) is 3.96. The Morgan fingerprint density at radius 3 is 2.09 bits per heavy atom. The van der Waals surface area contributed by atoms with Crippen molar-refractivity contribution >= 4 is 0 Å². The van der Waals surface area contributed by atoms with E-state index in [1.807, 2.05) is 48.5 Å². The van der Waals surface area contributed by atoms with Gasteiger partial charge in [0, 0.05) is 0 Å². The maximum atomic E-state index is 10.4. The molecule has 0 heterocycles. The van der Waals surface area contributed by atoms with Gasteiger partial charge in [-0.25, -0.2) is 0 Å². The van der Waals surface area contributed by atoms with E-state index in [9.17, 15) is 10.2 Å². The van der Waals surface area contributed by atoms with Crippen LogP contribution >= 0.6 is 0 Å². The summed E-state index contributed by atoms with van der Waals surface area (Å²) in [7, 11) is 0. The molecule has 22 heavy (non-hydrogen) atoms. The average Bonchev–Trinajstić information content (AvgIpc) is 2.55. The van der Waals surface area contributed by atoms with E-state index in [-0.39, 0.29) is 0 Å². The molecule has 2 heteroatoms. The molecule has 0 aliphatic rings. The van der Waals surface area contributed by atoms with E-state index >= 15 is 0 Å². The Labute approximate surface area is 133 Å². The predicted octanol–water partition coefficient (Wildman–Crippen LogP) is 5.02. The summed E-state index contributed by atoms with van der Waals surface area (Å²) in [6.45, 7) is 4.14. The van der Waals surface area contributed by atoms with Gasteiger partial charge in [0.1, 0.15) is 0 Å². The van der Waals surface area contributed by atoms with E-state index in [0.717, 1.165) is 47.9 Å². The van der Waals surface area contributed by atoms with Crippen molar-refractivity contribution in [3.05, 3.63) is 59.7 Å². The van der Waals surface area contributed by atoms with Crippen molar-refractivity contribution in [1.82, 2.24) is 0 Å². The molecule has 2 unspecified atom stereocenters. The van der Waals surface area contributed by atoms with Gasteiger partial charge in [-0.2, -0.15) is 0 Å². The van der Waals surface area contributed by atoms with Crippen LogP contribution in [-0.4, -0.2) is 10.2 Å². The minimum atomic E-state index is -0.461. The molecule has 0 aliphatic carbocycles. The standard InChI is InChI=1S/C20H26O2/c1-3-8-19(21)16-12-13-17(20(22)9-4-2)18(14-16)15-10-6-5-7-11-15/h5-7,10-14,19-22H,3-4,8-9H2,1-2H3. The quantitative estimate of drug-likeness (QED) is 0.753.